The van der Waals surface area contributed by atoms with E-state index in [1.807, 2.05) is 0 Å². The van der Waals surface area contributed by atoms with Crippen molar-refractivity contribution >= 4 is 0 Å². The monoisotopic (exact) mass is 152 g/mol. The first kappa shape index (κ1) is 6.47. The number of aliphatic hydroxyl groups excluding tert-OH is 1. The summed E-state index contributed by atoms with van der Waals surface area (Å²) >= 11 is 0. The van der Waals surface area contributed by atoms with Crippen molar-refractivity contribution in [2.75, 3.05) is 6.61 Å². The van der Waals surface area contributed by atoms with E-state index in [0.29, 0.717) is 12.0 Å². The summed E-state index contributed by atoms with van der Waals surface area (Å²) in [5.41, 5.74) is 0.421. The zero-order valence-corrected chi connectivity index (χ0v) is 7.25. The fourth-order valence-electron chi connectivity index (χ4n) is 4.64. The van der Waals surface area contributed by atoms with Crippen molar-refractivity contribution in [3.63, 3.8) is 0 Å². The van der Waals surface area contributed by atoms with Crippen LogP contribution in [0.5, 0.6) is 0 Å². The van der Waals surface area contributed by atoms with Gasteiger partial charge in [0.25, 0.3) is 0 Å². The van der Waals surface area contributed by atoms with E-state index in [1.165, 1.54) is 6.42 Å². The molecule has 6 atom stereocenters. The highest BCUT2D eigenvalue weighted by molar-refractivity contribution is 5.27. The predicted octanol–water partition coefficient (Wildman–Crippen LogP) is 1.52. The van der Waals surface area contributed by atoms with Crippen molar-refractivity contribution in [1.82, 2.24) is 0 Å². The van der Waals surface area contributed by atoms with E-state index in [9.17, 15) is 5.11 Å². The summed E-state index contributed by atoms with van der Waals surface area (Å²) in [6.07, 6.45) is 1.42. The van der Waals surface area contributed by atoms with Gasteiger partial charge in [0.05, 0.1) is 0 Å². The Morgan fingerprint density at radius 2 is 2.18 bits per heavy atom. The molecule has 0 radical (unpaired) electrons. The van der Waals surface area contributed by atoms with Gasteiger partial charge in [-0.3, -0.25) is 0 Å². The van der Waals surface area contributed by atoms with Crippen LogP contribution in [0.3, 0.4) is 0 Å². The largest absolute Gasteiger partial charge is 0.396 e. The Morgan fingerprint density at radius 1 is 1.45 bits per heavy atom. The number of hydrogen-bond donors (Lipinski definition) is 1. The lowest BCUT2D eigenvalue weighted by Gasteiger charge is -2.16. The molecule has 4 saturated carbocycles. The molecular weight excluding hydrogens is 136 g/mol. The molecule has 0 aliphatic heterocycles. The number of aliphatic hydroxyl groups is 1. The minimum absolute atomic E-state index is 0.421. The van der Waals surface area contributed by atoms with E-state index < -0.39 is 0 Å². The van der Waals surface area contributed by atoms with Gasteiger partial charge in [0, 0.05) is 12.0 Å². The van der Waals surface area contributed by atoms with Crippen LogP contribution in [-0.2, 0) is 0 Å². The van der Waals surface area contributed by atoms with Gasteiger partial charge in [-0.25, -0.2) is 0 Å². The van der Waals surface area contributed by atoms with Crippen molar-refractivity contribution < 1.29 is 5.11 Å². The standard InChI is InChI=1S/C10H16O/c1-5-7-3-8-9(5)10(8,4-11)6(7)2/h5-9,11H,3-4H2,1-2H3. The van der Waals surface area contributed by atoms with Crippen LogP contribution in [0.2, 0.25) is 0 Å². The molecule has 4 bridgehead atoms. The van der Waals surface area contributed by atoms with Gasteiger partial charge in [0.2, 0.25) is 0 Å². The summed E-state index contributed by atoms with van der Waals surface area (Å²) in [6.45, 7) is 5.20. The number of rotatable bonds is 1. The fraction of sp³-hybridized carbons (Fsp3) is 1.00. The summed E-state index contributed by atoms with van der Waals surface area (Å²) in [7, 11) is 0. The maximum atomic E-state index is 9.35. The van der Waals surface area contributed by atoms with Crippen LogP contribution in [-0.4, -0.2) is 11.7 Å². The molecule has 1 N–H and O–H groups in total. The van der Waals surface area contributed by atoms with Gasteiger partial charge in [0.1, 0.15) is 0 Å². The van der Waals surface area contributed by atoms with Crippen LogP contribution >= 0.6 is 0 Å². The van der Waals surface area contributed by atoms with Crippen molar-refractivity contribution in [3.05, 3.63) is 0 Å². The van der Waals surface area contributed by atoms with Gasteiger partial charge >= 0.3 is 0 Å². The van der Waals surface area contributed by atoms with E-state index in [2.05, 4.69) is 13.8 Å². The predicted molar refractivity (Wildman–Crippen MR) is 42.9 cm³/mol. The molecule has 4 rings (SSSR count). The lowest BCUT2D eigenvalue weighted by Crippen LogP contribution is -2.15. The minimum Gasteiger partial charge on any atom is -0.396 e. The Kier molecular flexibility index (Phi) is 0.893. The molecule has 0 aromatic rings. The Labute approximate surface area is 67.8 Å². The quantitative estimate of drug-likeness (QED) is 0.604. The third kappa shape index (κ3) is 0.416. The van der Waals surface area contributed by atoms with E-state index in [1.54, 1.807) is 0 Å². The summed E-state index contributed by atoms with van der Waals surface area (Å²) in [5, 5.41) is 9.35. The molecule has 0 heterocycles. The lowest BCUT2D eigenvalue weighted by atomic mass is 9.90. The second-order valence-electron chi connectivity index (χ2n) is 4.95. The van der Waals surface area contributed by atoms with Crippen molar-refractivity contribution in [1.29, 1.82) is 0 Å². The second kappa shape index (κ2) is 1.52. The van der Waals surface area contributed by atoms with Crippen molar-refractivity contribution in [3.8, 4) is 0 Å². The Balaban J connectivity index is 2.04. The molecule has 0 spiro atoms. The summed E-state index contributed by atoms with van der Waals surface area (Å²) in [5.74, 6) is 4.52. The van der Waals surface area contributed by atoms with Gasteiger partial charge < -0.3 is 5.11 Å². The van der Waals surface area contributed by atoms with E-state index in [0.717, 1.165) is 29.6 Å². The first-order valence-electron chi connectivity index (χ1n) is 4.84. The van der Waals surface area contributed by atoms with Crippen LogP contribution in [0, 0.1) is 35.0 Å². The third-order valence-electron chi connectivity index (χ3n) is 5.17. The van der Waals surface area contributed by atoms with Gasteiger partial charge in [0.15, 0.2) is 0 Å². The summed E-state index contributed by atoms with van der Waals surface area (Å²) < 4.78 is 0. The van der Waals surface area contributed by atoms with E-state index >= 15 is 0 Å². The van der Waals surface area contributed by atoms with Gasteiger partial charge in [-0.2, -0.15) is 0 Å². The highest BCUT2D eigenvalue weighted by Gasteiger charge is 2.80. The fourth-order valence-corrected chi connectivity index (χ4v) is 4.64. The third-order valence-corrected chi connectivity index (χ3v) is 5.17. The summed E-state index contributed by atoms with van der Waals surface area (Å²) in [6, 6.07) is 0. The molecule has 4 aliphatic rings. The maximum Gasteiger partial charge on any atom is 0.0495 e. The second-order valence-corrected chi connectivity index (χ2v) is 4.95. The minimum atomic E-state index is 0.421. The first-order chi connectivity index (χ1) is 5.23. The average Bonchev–Trinajstić information content (AvgIpc) is 2.27. The molecule has 6 unspecified atom stereocenters. The first-order valence-corrected chi connectivity index (χ1v) is 4.84. The van der Waals surface area contributed by atoms with Gasteiger partial charge in [-0.1, -0.05) is 13.8 Å². The number of hydrogen-bond acceptors (Lipinski definition) is 1. The molecule has 4 aliphatic carbocycles. The topological polar surface area (TPSA) is 20.2 Å². The van der Waals surface area contributed by atoms with Crippen LogP contribution < -0.4 is 0 Å². The van der Waals surface area contributed by atoms with Crippen LogP contribution in [0.1, 0.15) is 20.3 Å². The Bertz CT molecular complexity index is 209. The summed E-state index contributed by atoms with van der Waals surface area (Å²) in [4.78, 5) is 0. The van der Waals surface area contributed by atoms with Crippen molar-refractivity contribution in [2.45, 2.75) is 20.3 Å². The van der Waals surface area contributed by atoms with E-state index in [-0.39, 0.29) is 0 Å². The normalized spacial score (nSPS) is 70.6. The lowest BCUT2D eigenvalue weighted by molar-refractivity contribution is 0.167. The molecule has 0 amide bonds. The molecule has 4 fully saturated rings. The average molecular weight is 152 g/mol. The zero-order chi connectivity index (χ0) is 7.80. The smallest absolute Gasteiger partial charge is 0.0495 e. The van der Waals surface area contributed by atoms with Crippen LogP contribution in [0.4, 0.5) is 0 Å². The van der Waals surface area contributed by atoms with Crippen LogP contribution in [0.25, 0.3) is 0 Å². The maximum absolute atomic E-state index is 9.35. The highest BCUT2D eigenvalue weighted by atomic mass is 16.3. The SMILES string of the molecule is CC1C2CC3C1C3(CO)C2C. The Morgan fingerprint density at radius 3 is 2.36 bits per heavy atom. The zero-order valence-electron chi connectivity index (χ0n) is 7.25. The van der Waals surface area contributed by atoms with Crippen LogP contribution in [0.15, 0.2) is 0 Å². The molecule has 62 valence electrons. The Hall–Kier alpha value is -0.0400. The molecule has 0 aromatic heterocycles. The molecule has 0 saturated heterocycles. The molecule has 1 nitrogen and oxygen atoms in total. The molecule has 0 aromatic carbocycles. The van der Waals surface area contributed by atoms with Gasteiger partial charge in [-0.05, 0) is 36.0 Å². The molecular formula is C10H16O. The molecule has 1 heteroatoms. The van der Waals surface area contributed by atoms with Gasteiger partial charge in [-0.15, -0.1) is 0 Å². The van der Waals surface area contributed by atoms with Crippen molar-refractivity contribution in [2.24, 2.45) is 35.0 Å². The van der Waals surface area contributed by atoms with E-state index in [4.69, 9.17) is 0 Å². The molecule has 11 heavy (non-hydrogen) atoms. The highest BCUT2D eigenvalue weighted by Crippen LogP contribution is 2.83.